The van der Waals surface area contributed by atoms with Gasteiger partial charge in [-0.3, -0.25) is 19.3 Å². The van der Waals surface area contributed by atoms with E-state index in [1.165, 1.54) is 4.90 Å². The molecule has 5 nitrogen and oxygen atoms in total. The van der Waals surface area contributed by atoms with Gasteiger partial charge in [0.25, 0.3) is 5.91 Å². The number of carbonyl (C=O) groups is 3. The fraction of sp³-hybridized carbons (Fsp3) is 0.292. The maximum Gasteiger partial charge on any atom is 0.255 e. The highest BCUT2D eigenvalue weighted by molar-refractivity contribution is 6.23. The average molecular weight is 386 g/mol. The molecule has 5 rings (SSSR count). The number of rotatable bonds is 3. The third kappa shape index (κ3) is 2.72. The van der Waals surface area contributed by atoms with Gasteiger partial charge in [-0.2, -0.15) is 0 Å². The summed E-state index contributed by atoms with van der Waals surface area (Å²) in [7, 11) is 0. The molecule has 2 fully saturated rings. The number of fused-ring (bicyclic) bond motifs is 5. The average Bonchev–Trinajstić information content (AvgIpc) is 3.39. The molecule has 2 aromatic rings. The lowest BCUT2D eigenvalue weighted by atomic mass is 9.85. The van der Waals surface area contributed by atoms with E-state index in [0.717, 1.165) is 23.2 Å². The van der Waals surface area contributed by atoms with Gasteiger partial charge in [0.1, 0.15) is 0 Å². The second-order valence-electron chi connectivity index (χ2n) is 8.33. The number of amides is 3. The molecule has 4 atom stereocenters. The standard InChI is InChI=1S/C24H22N2O3/c1-13-3-4-14(2)19(11-13)25-22(27)15-7-9-18(10-8-15)26-23(28)20-16-5-6-17(12-16)21(20)24(26)29/h3-11,16-17,20-21H,12H2,1-2H3,(H,25,27)/t16-,17-,20-,21-/m0/s1. The monoisotopic (exact) mass is 386 g/mol. The van der Waals surface area contributed by atoms with E-state index < -0.39 is 0 Å². The summed E-state index contributed by atoms with van der Waals surface area (Å²) in [5.41, 5.74) is 3.86. The number of nitrogens with one attached hydrogen (secondary N) is 1. The Bertz CT molecular complexity index is 1040. The molecule has 3 amide bonds. The maximum absolute atomic E-state index is 12.9. The van der Waals surface area contributed by atoms with Crippen LogP contribution in [0.4, 0.5) is 11.4 Å². The first kappa shape index (κ1) is 17.9. The van der Waals surface area contributed by atoms with Crippen LogP contribution in [0.5, 0.6) is 0 Å². The van der Waals surface area contributed by atoms with Gasteiger partial charge in [-0.15, -0.1) is 0 Å². The van der Waals surface area contributed by atoms with E-state index in [1.54, 1.807) is 24.3 Å². The lowest BCUT2D eigenvalue weighted by molar-refractivity contribution is -0.123. The lowest BCUT2D eigenvalue weighted by Gasteiger charge is -2.17. The highest BCUT2D eigenvalue weighted by Crippen LogP contribution is 2.53. The summed E-state index contributed by atoms with van der Waals surface area (Å²) in [6.45, 7) is 3.92. The zero-order valence-electron chi connectivity index (χ0n) is 16.4. The largest absolute Gasteiger partial charge is 0.322 e. The first-order valence-corrected chi connectivity index (χ1v) is 9.99. The molecule has 1 heterocycles. The van der Waals surface area contributed by atoms with Gasteiger partial charge < -0.3 is 5.32 Å². The molecule has 3 aliphatic rings. The fourth-order valence-corrected chi connectivity index (χ4v) is 4.98. The Hall–Kier alpha value is -3.21. The van der Waals surface area contributed by atoms with Crippen molar-refractivity contribution in [3.63, 3.8) is 0 Å². The molecule has 1 aliphatic heterocycles. The van der Waals surface area contributed by atoms with Crippen molar-refractivity contribution in [2.45, 2.75) is 20.3 Å². The molecule has 1 N–H and O–H groups in total. The zero-order chi connectivity index (χ0) is 20.3. The Morgan fingerprint density at radius 1 is 0.931 bits per heavy atom. The molecule has 146 valence electrons. The fourth-order valence-electron chi connectivity index (χ4n) is 4.98. The molecule has 0 aromatic heterocycles. The van der Waals surface area contributed by atoms with Crippen molar-refractivity contribution in [2.24, 2.45) is 23.7 Å². The van der Waals surface area contributed by atoms with Gasteiger partial charge in [0, 0.05) is 11.3 Å². The summed E-state index contributed by atoms with van der Waals surface area (Å²) in [6, 6.07) is 12.6. The normalized spacial score (nSPS) is 26.9. The van der Waals surface area contributed by atoms with Crippen LogP contribution in [0.15, 0.2) is 54.6 Å². The summed E-state index contributed by atoms with van der Waals surface area (Å²) >= 11 is 0. The van der Waals surface area contributed by atoms with Gasteiger partial charge in [0.05, 0.1) is 17.5 Å². The van der Waals surface area contributed by atoms with E-state index in [2.05, 4.69) is 17.5 Å². The molecule has 2 bridgehead atoms. The smallest absolute Gasteiger partial charge is 0.255 e. The van der Waals surface area contributed by atoms with Gasteiger partial charge in [0.15, 0.2) is 0 Å². The van der Waals surface area contributed by atoms with Gasteiger partial charge >= 0.3 is 0 Å². The molecule has 2 aromatic carbocycles. The van der Waals surface area contributed by atoms with Crippen molar-refractivity contribution in [1.29, 1.82) is 0 Å². The molecule has 1 saturated heterocycles. The molecule has 0 radical (unpaired) electrons. The molecular weight excluding hydrogens is 364 g/mol. The van der Waals surface area contributed by atoms with E-state index in [1.807, 2.05) is 32.0 Å². The number of allylic oxidation sites excluding steroid dienone is 2. The molecular formula is C24H22N2O3. The van der Waals surface area contributed by atoms with E-state index in [0.29, 0.717) is 11.3 Å². The van der Waals surface area contributed by atoms with Crippen molar-refractivity contribution >= 4 is 29.1 Å². The van der Waals surface area contributed by atoms with Crippen LogP contribution >= 0.6 is 0 Å². The highest BCUT2D eigenvalue weighted by atomic mass is 16.2. The van der Waals surface area contributed by atoms with Gasteiger partial charge in [-0.05, 0) is 73.6 Å². The Morgan fingerprint density at radius 3 is 2.17 bits per heavy atom. The molecule has 0 spiro atoms. The molecule has 0 unspecified atom stereocenters. The van der Waals surface area contributed by atoms with Crippen molar-refractivity contribution in [2.75, 3.05) is 10.2 Å². The number of hydrogen-bond donors (Lipinski definition) is 1. The quantitative estimate of drug-likeness (QED) is 0.643. The van der Waals surface area contributed by atoms with Crippen LogP contribution in [-0.2, 0) is 9.59 Å². The number of anilines is 2. The van der Waals surface area contributed by atoms with Crippen LogP contribution in [0.2, 0.25) is 0 Å². The van der Waals surface area contributed by atoms with Crippen molar-refractivity contribution in [3.05, 3.63) is 71.3 Å². The Labute approximate surface area is 169 Å². The van der Waals surface area contributed by atoms with Gasteiger partial charge in [-0.25, -0.2) is 0 Å². The van der Waals surface area contributed by atoms with Crippen molar-refractivity contribution < 1.29 is 14.4 Å². The Balaban J connectivity index is 1.36. The SMILES string of the molecule is Cc1ccc(C)c(NC(=O)c2ccc(N3C(=O)[C@@H]4[C@@H](C3=O)[C@H]3C=C[C@H]4C3)cc2)c1. The summed E-state index contributed by atoms with van der Waals surface area (Å²) in [6.07, 6.45) is 5.08. The van der Waals surface area contributed by atoms with Gasteiger partial charge in [-0.1, -0.05) is 24.3 Å². The minimum Gasteiger partial charge on any atom is -0.322 e. The molecule has 1 saturated carbocycles. The topological polar surface area (TPSA) is 66.5 Å². The number of hydrogen-bond acceptors (Lipinski definition) is 3. The lowest BCUT2D eigenvalue weighted by Crippen LogP contribution is -2.32. The maximum atomic E-state index is 12.9. The second kappa shape index (κ2) is 6.41. The number of aryl methyl sites for hydroxylation is 2. The third-order valence-corrected chi connectivity index (χ3v) is 6.50. The van der Waals surface area contributed by atoms with Crippen molar-refractivity contribution in [1.82, 2.24) is 0 Å². The third-order valence-electron chi connectivity index (χ3n) is 6.50. The van der Waals surface area contributed by atoms with Crippen LogP contribution < -0.4 is 10.2 Å². The molecule has 2 aliphatic carbocycles. The Kier molecular flexibility index (Phi) is 3.95. The van der Waals surface area contributed by atoms with Crippen LogP contribution in [0, 0.1) is 37.5 Å². The first-order chi connectivity index (χ1) is 13.9. The molecule has 5 heteroatoms. The second-order valence-corrected chi connectivity index (χ2v) is 8.33. The zero-order valence-corrected chi connectivity index (χ0v) is 16.4. The van der Waals surface area contributed by atoms with E-state index in [4.69, 9.17) is 0 Å². The van der Waals surface area contributed by atoms with Crippen LogP contribution in [0.3, 0.4) is 0 Å². The predicted octanol–water partition coefficient (Wildman–Crippen LogP) is 3.87. The minimum atomic E-state index is -0.219. The van der Waals surface area contributed by atoms with Crippen LogP contribution in [-0.4, -0.2) is 17.7 Å². The predicted molar refractivity (Wildman–Crippen MR) is 111 cm³/mol. The number of nitrogens with zero attached hydrogens (tertiary/aromatic N) is 1. The minimum absolute atomic E-state index is 0.107. The van der Waals surface area contributed by atoms with Crippen molar-refractivity contribution in [3.8, 4) is 0 Å². The van der Waals surface area contributed by atoms with E-state index in [-0.39, 0.29) is 41.4 Å². The van der Waals surface area contributed by atoms with Crippen LogP contribution in [0.1, 0.15) is 27.9 Å². The molecule has 29 heavy (non-hydrogen) atoms. The summed E-state index contributed by atoms with van der Waals surface area (Å²) in [5.74, 6) is -0.491. The highest BCUT2D eigenvalue weighted by Gasteiger charge is 2.59. The summed E-state index contributed by atoms with van der Waals surface area (Å²) < 4.78 is 0. The van der Waals surface area contributed by atoms with E-state index in [9.17, 15) is 14.4 Å². The van der Waals surface area contributed by atoms with Gasteiger partial charge in [0.2, 0.25) is 11.8 Å². The number of benzene rings is 2. The van der Waals surface area contributed by atoms with E-state index >= 15 is 0 Å². The van der Waals surface area contributed by atoms with Crippen LogP contribution in [0.25, 0.3) is 0 Å². The Morgan fingerprint density at radius 2 is 1.55 bits per heavy atom. The summed E-state index contributed by atoms with van der Waals surface area (Å²) in [5, 5.41) is 2.93. The summed E-state index contributed by atoms with van der Waals surface area (Å²) in [4.78, 5) is 39.8. The first-order valence-electron chi connectivity index (χ1n) is 9.99. The number of imide groups is 1. The number of carbonyl (C=O) groups excluding carboxylic acids is 3.